The van der Waals surface area contributed by atoms with Gasteiger partial charge >= 0.3 is 0 Å². The Hall–Kier alpha value is -4.18. The van der Waals surface area contributed by atoms with Crippen LogP contribution >= 0.6 is 0 Å². The molecule has 0 N–H and O–H groups in total. The maximum Gasteiger partial charge on any atom is 0.296 e. The smallest absolute Gasteiger partial charge is 0.296 e. The van der Waals surface area contributed by atoms with Crippen molar-refractivity contribution in [2.75, 3.05) is 38.8 Å². The summed E-state index contributed by atoms with van der Waals surface area (Å²) in [6, 6.07) is 16.3. The van der Waals surface area contributed by atoms with E-state index in [1.807, 2.05) is 31.2 Å². The van der Waals surface area contributed by atoms with Crippen LogP contribution in [0.1, 0.15) is 31.4 Å². The summed E-state index contributed by atoms with van der Waals surface area (Å²) in [5, 5.41) is 28.6. The van der Waals surface area contributed by atoms with E-state index in [0.717, 1.165) is 36.3 Å². The molecule has 0 saturated heterocycles. The molecule has 0 aromatic heterocycles. The van der Waals surface area contributed by atoms with Crippen LogP contribution in [0, 0.1) is 29.9 Å². The Morgan fingerprint density at radius 2 is 1.56 bits per heavy atom. The molecule has 3 aromatic carbocycles. The predicted octanol–water partition coefficient (Wildman–Crippen LogP) is 8.55. The first kappa shape index (κ1) is 29.4. The molecule has 0 aliphatic carbocycles. The fourth-order valence-corrected chi connectivity index (χ4v) is 3.81. The SMILES string of the molecule is COCCN(CCC(C)C)c1ccc(N=Nc2cc(C)c(N=Nc3ccc(C)cc3[N+](=O)[O-])cc2OC)cc1. The molecule has 0 fully saturated rings. The summed E-state index contributed by atoms with van der Waals surface area (Å²) >= 11 is 0. The second-order valence-corrected chi connectivity index (χ2v) is 9.64. The van der Waals surface area contributed by atoms with Gasteiger partial charge in [-0.1, -0.05) is 19.9 Å². The van der Waals surface area contributed by atoms with Gasteiger partial charge in [0, 0.05) is 38.0 Å². The fraction of sp³-hybridized carbons (Fsp3) is 0.379. The lowest BCUT2D eigenvalue weighted by Crippen LogP contribution is -2.29. The van der Waals surface area contributed by atoms with E-state index in [-0.39, 0.29) is 11.4 Å². The lowest BCUT2D eigenvalue weighted by molar-refractivity contribution is -0.384. The minimum Gasteiger partial charge on any atom is -0.494 e. The molecule has 0 aliphatic rings. The molecule has 0 bridgehead atoms. The first-order chi connectivity index (χ1) is 18.7. The number of ether oxygens (including phenoxy) is 2. The van der Waals surface area contributed by atoms with Gasteiger partial charge in [-0.2, -0.15) is 5.11 Å². The van der Waals surface area contributed by atoms with Crippen molar-refractivity contribution in [2.24, 2.45) is 26.4 Å². The zero-order valence-electron chi connectivity index (χ0n) is 23.4. The summed E-state index contributed by atoms with van der Waals surface area (Å²) in [7, 11) is 3.25. The summed E-state index contributed by atoms with van der Waals surface area (Å²) in [5.74, 6) is 1.09. The van der Waals surface area contributed by atoms with E-state index in [0.29, 0.717) is 35.3 Å². The number of aryl methyl sites for hydroxylation is 2. The molecule has 0 unspecified atom stereocenters. The number of nitro benzene ring substituents is 1. The van der Waals surface area contributed by atoms with Crippen LogP contribution in [-0.2, 0) is 4.74 Å². The Balaban J connectivity index is 1.79. The van der Waals surface area contributed by atoms with Gasteiger partial charge < -0.3 is 14.4 Å². The van der Waals surface area contributed by atoms with Crippen molar-refractivity contribution < 1.29 is 14.4 Å². The first-order valence-corrected chi connectivity index (χ1v) is 12.8. The molecule has 0 radical (unpaired) electrons. The molecule has 0 spiro atoms. The summed E-state index contributed by atoms with van der Waals surface area (Å²) in [6.45, 7) is 10.5. The number of hydrogen-bond donors (Lipinski definition) is 0. The lowest BCUT2D eigenvalue weighted by atomic mass is 10.1. The Morgan fingerprint density at radius 1 is 0.872 bits per heavy atom. The molecule has 10 nitrogen and oxygen atoms in total. The van der Waals surface area contributed by atoms with E-state index in [1.54, 1.807) is 38.3 Å². The molecule has 0 heterocycles. The Morgan fingerprint density at radius 3 is 2.21 bits per heavy atom. The van der Waals surface area contributed by atoms with Gasteiger partial charge in [-0.05, 0) is 73.7 Å². The van der Waals surface area contributed by atoms with E-state index < -0.39 is 4.92 Å². The Labute approximate surface area is 229 Å². The molecular weight excluding hydrogens is 496 g/mol. The number of anilines is 1. The minimum absolute atomic E-state index is 0.0958. The van der Waals surface area contributed by atoms with Gasteiger partial charge in [0.05, 0.1) is 30.0 Å². The summed E-state index contributed by atoms with van der Waals surface area (Å²) in [4.78, 5) is 13.2. The van der Waals surface area contributed by atoms with Crippen LogP contribution in [0.5, 0.6) is 5.75 Å². The van der Waals surface area contributed by atoms with Crippen LogP contribution in [0.25, 0.3) is 0 Å². The van der Waals surface area contributed by atoms with E-state index in [1.165, 1.54) is 13.2 Å². The molecule has 0 aliphatic heterocycles. The quantitative estimate of drug-likeness (QED) is 0.124. The van der Waals surface area contributed by atoms with Gasteiger partial charge in [-0.15, -0.1) is 15.3 Å². The maximum absolute atomic E-state index is 11.4. The molecule has 0 saturated carbocycles. The van der Waals surface area contributed by atoms with Crippen molar-refractivity contribution in [3.8, 4) is 5.75 Å². The molecule has 0 atom stereocenters. The van der Waals surface area contributed by atoms with Crippen LogP contribution in [0.15, 0.2) is 75.1 Å². The molecule has 3 aromatic rings. The third kappa shape index (κ3) is 8.41. The van der Waals surface area contributed by atoms with Crippen molar-refractivity contribution in [3.63, 3.8) is 0 Å². The van der Waals surface area contributed by atoms with Gasteiger partial charge in [0.1, 0.15) is 11.4 Å². The van der Waals surface area contributed by atoms with E-state index in [2.05, 4.69) is 39.2 Å². The van der Waals surface area contributed by atoms with E-state index in [4.69, 9.17) is 9.47 Å². The summed E-state index contributed by atoms with van der Waals surface area (Å²) in [6.07, 6.45) is 1.10. The van der Waals surface area contributed by atoms with Gasteiger partial charge in [0.15, 0.2) is 5.69 Å². The van der Waals surface area contributed by atoms with Crippen molar-refractivity contribution in [3.05, 3.63) is 75.8 Å². The highest BCUT2D eigenvalue weighted by molar-refractivity contribution is 5.64. The standard InChI is InChI=1S/C29H36N6O4/c1-20(2)13-14-34(15-16-38-5)24-10-8-23(9-11-24)30-33-27-18-22(4)26(19-29(27)39-6)32-31-25-12-7-21(3)17-28(25)35(36)37/h7-12,17-20H,13-16H2,1-6H3. The van der Waals surface area contributed by atoms with Gasteiger partial charge in [-0.3, -0.25) is 10.1 Å². The van der Waals surface area contributed by atoms with Crippen molar-refractivity contribution in [2.45, 2.75) is 34.1 Å². The highest BCUT2D eigenvalue weighted by Gasteiger charge is 2.14. The van der Waals surface area contributed by atoms with Crippen molar-refractivity contribution in [1.29, 1.82) is 0 Å². The number of nitrogens with zero attached hydrogens (tertiary/aromatic N) is 6. The third-order valence-corrected chi connectivity index (χ3v) is 6.12. The average molecular weight is 533 g/mol. The van der Waals surface area contributed by atoms with Crippen LogP contribution in [0.4, 0.5) is 34.1 Å². The molecule has 3 rings (SSSR count). The first-order valence-electron chi connectivity index (χ1n) is 12.8. The monoisotopic (exact) mass is 532 g/mol. The van der Waals surface area contributed by atoms with E-state index in [9.17, 15) is 10.1 Å². The normalized spacial score (nSPS) is 11.6. The van der Waals surface area contributed by atoms with E-state index >= 15 is 0 Å². The molecular formula is C29H36N6O4. The molecule has 206 valence electrons. The number of benzene rings is 3. The Kier molecular flexibility index (Phi) is 10.6. The van der Waals surface area contributed by atoms with Gasteiger partial charge in [0.2, 0.25) is 0 Å². The predicted molar refractivity (Wildman–Crippen MR) is 154 cm³/mol. The topological polar surface area (TPSA) is 114 Å². The van der Waals surface area contributed by atoms with Gasteiger partial charge in [0.25, 0.3) is 5.69 Å². The third-order valence-electron chi connectivity index (χ3n) is 6.12. The number of hydrogen-bond acceptors (Lipinski definition) is 9. The molecule has 0 amide bonds. The molecule has 10 heteroatoms. The van der Waals surface area contributed by atoms with Crippen LogP contribution in [0.3, 0.4) is 0 Å². The number of azo groups is 2. The maximum atomic E-state index is 11.4. The van der Waals surface area contributed by atoms with Crippen LogP contribution < -0.4 is 9.64 Å². The van der Waals surface area contributed by atoms with Crippen LogP contribution in [-0.4, -0.2) is 38.8 Å². The Bertz CT molecular complexity index is 1320. The average Bonchev–Trinajstić information content (AvgIpc) is 2.92. The minimum atomic E-state index is -0.465. The largest absolute Gasteiger partial charge is 0.494 e. The molecule has 39 heavy (non-hydrogen) atoms. The summed E-state index contributed by atoms with van der Waals surface area (Å²) < 4.78 is 10.8. The van der Waals surface area contributed by atoms with Crippen molar-refractivity contribution in [1.82, 2.24) is 0 Å². The zero-order chi connectivity index (χ0) is 28.4. The van der Waals surface area contributed by atoms with Crippen LogP contribution in [0.2, 0.25) is 0 Å². The number of nitro groups is 1. The zero-order valence-corrected chi connectivity index (χ0v) is 23.4. The second kappa shape index (κ2) is 14.1. The number of methoxy groups -OCH3 is 2. The highest BCUT2D eigenvalue weighted by Crippen LogP contribution is 2.37. The van der Waals surface area contributed by atoms with Gasteiger partial charge in [-0.25, -0.2) is 0 Å². The highest BCUT2D eigenvalue weighted by atomic mass is 16.6. The fourth-order valence-electron chi connectivity index (χ4n) is 3.81. The van der Waals surface area contributed by atoms with Crippen molar-refractivity contribution >= 4 is 34.1 Å². The summed E-state index contributed by atoms with van der Waals surface area (Å²) in [5.41, 5.74) is 4.52. The lowest BCUT2D eigenvalue weighted by Gasteiger charge is -2.25. The number of rotatable bonds is 13. The second-order valence-electron chi connectivity index (χ2n) is 9.64.